The summed E-state index contributed by atoms with van der Waals surface area (Å²) in [5.41, 5.74) is 0.903. The summed E-state index contributed by atoms with van der Waals surface area (Å²) in [6.07, 6.45) is 8.00. The van der Waals surface area contributed by atoms with E-state index in [1.165, 1.54) is 6.08 Å². The number of terminal acetylenes is 1. The maximum atomic E-state index is 11.5. The first-order chi connectivity index (χ1) is 11.1. The van der Waals surface area contributed by atoms with Crippen LogP contribution < -0.4 is 10.6 Å². The van der Waals surface area contributed by atoms with Crippen molar-refractivity contribution >= 4 is 23.9 Å². The first-order valence-corrected chi connectivity index (χ1v) is 6.98. The monoisotopic (exact) mass is 314 g/mol. The first kappa shape index (κ1) is 18.0. The number of nitrogens with one attached hydrogen (secondary N) is 2. The number of carbonyl (C=O) groups is 3. The van der Waals surface area contributed by atoms with Gasteiger partial charge in [0.25, 0.3) is 5.91 Å². The average Bonchev–Trinajstić information content (AvgIpc) is 2.57. The van der Waals surface area contributed by atoms with Gasteiger partial charge in [-0.25, -0.2) is 0 Å². The number of benzene rings is 1. The highest BCUT2D eigenvalue weighted by atomic mass is 16.5. The standard InChI is InChI=1S/C17H18N2O4/c1-2-11-18-16(21)13-23-17(22)10-12-19-15(20)9-8-14-6-4-3-5-7-14/h1,3-9H,10-13H2,(H,18,21)(H,19,20)/b9-8+. The van der Waals surface area contributed by atoms with E-state index < -0.39 is 11.9 Å². The van der Waals surface area contributed by atoms with Gasteiger partial charge in [0.1, 0.15) is 0 Å². The number of amides is 2. The Labute approximate surface area is 134 Å². The Hall–Kier alpha value is -3.07. The molecule has 1 aromatic rings. The average molecular weight is 314 g/mol. The summed E-state index contributed by atoms with van der Waals surface area (Å²) in [4.78, 5) is 34.1. The number of carbonyl (C=O) groups excluding carboxylic acids is 3. The van der Waals surface area contributed by atoms with Gasteiger partial charge in [-0.05, 0) is 11.6 Å². The molecule has 0 unspecified atom stereocenters. The fraction of sp³-hybridized carbons (Fsp3) is 0.235. The minimum Gasteiger partial charge on any atom is -0.456 e. The topological polar surface area (TPSA) is 84.5 Å². The third-order valence-electron chi connectivity index (χ3n) is 2.61. The number of rotatable bonds is 8. The molecule has 0 atom stereocenters. The molecule has 0 saturated heterocycles. The van der Waals surface area contributed by atoms with Gasteiger partial charge in [0.05, 0.1) is 13.0 Å². The van der Waals surface area contributed by atoms with Crippen LogP contribution in [0, 0.1) is 12.3 Å². The maximum absolute atomic E-state index is 11.5. The molecule has 0 aromatic heterocycles. The molecule has 1 rings (SSSR count). The van der Waals surface area contributed by atoms with E-state index in [1.54, 1.807) is 6.08 Å². The van der Waals surface area contributed by atoms with Crippen molar-refractivity contribution in [3.8, 4) is 12.3 Å². The zero-order chi connectivity index (χ0) is 16.9. The minimum atomic E-state index is -0.576. The van der Waals surface area contributed by atoms with Crippen LogP contribution >= 0.6 is 0 Å². The largest absolute Gasteiger partial charge is 0.456 e. The Morgan fingerprint density at radius 2 is 1.91 bits per heavy atom. The van der Waals surface area contributed by atoms with Crippen LogP contribution in [0.3, 0.4) is 0 Å². The highest BCUT2D eigenvalue weighted by Crippen LogP contribution is 2.00. The van der Waals surface area contributed by atoms with Crippen LogP contribution in [0.25, 0.3) is 6.08 Å². The normalized spacial score (nSPS) is 9.87. The van der Waals surface area contributed by atoms with Gasteiger partial charge in [-0.1, -0.05) is 36.3 Å². The molecule has 120 valence electrons. The van der Waals surface area contributed by atoms with Crippen molar-refractivity contribution in [3.63, 3.8) is 0 Å². The molecule has 23 heavy (non-hydrogen) atoms. The molecule has 0 spiro atoms. The van der Waals surface area contributed by atoms with E-state index in [4.69, 9.17) is 11.2 Å². The van der Waals surface area contributed by atoms with Crippen molar-refractivity contribution in [2.24, 2.45) is 0 Å². The molecule has 0 saturated carbocycles. The third kappa shape index (κ3) is 8.73. The van der Waals surface area contributed by atoms with Crippen molar-refractivity contribution in [3.05, 3.63) is 42.0 Å². The molecule has 0 fully saturated rings. The van der Waals surface area contributed by atoms with Gasteiger partial charge >= 0.3 is 5.97 Å². The summed E-state index contributed by atoms with van der Waals surface area (Å²) in [6, 6.07) is 9.36. The lowest BCUT2D eigenvalue weighted by molar-refractivity contribution is -0.148. The van der Waals surface area contributed by atoms with Gasteiger partial charge < -0.3 is 15.4 Å². The van der Waals surface area contributed by atoms with Crippen LogP contribution in [0.5, 0.6) is 0 Å². The lowest BCUT2D eigenvalue weighted by atomic mass is 10.2. The molecule has 6 nitrogen and oxygen atoms in total. The second kappa shape index (κ2) is 10.6. The van der Waals surface area contributed by atoms with Gasteiger partial charge in [-0.3, -0.25) is 14.4 Å². The zero-order valence-electron chi connectivity index (χ0n) is 12.6. The fourth-order valence-electron chi connectivity index (χ4n) is 1.50. The number of hydrogen-bond donors (Lipinski definition) is 2. The molecule has 0 aliphatic carbocycles. The highest BCUT2D eigenvalue weighted by Gasteiger charge is 2.07. The van der Waals surface area contributed by atoms with E-state index >= 15 is 0 Å². The number of hydrogen-bond acceptors (Lipinski definition) is 4. The number of ether oxygens (including phenoxy) is 1. The highest BCUT2D eigenvalue weighted by molar-refractivity contribution is 5.91. The Morgan fingerprint density at radius 1 is 1.17 bits per heavy atom. The number of esters is 1. The molecule has 0 heterocycles. The third-order valence-corrected chi connectivity index (χ3v) is 2.61. The molecule has 0 bridgehead atoms. The summed E-state index contributed by atoms with van der Waals surface area (Å²) in [6.45, 7) is -0.175. The predicted octanol–water partition coefficient (Wildman–Crippen LogP) is 0.499. The van der Waals surface area contributed by atoms with Crippen molar-refractivity contribution in [1.29, 1.82) is 0 Å². The van der Waals surface area contributed by atoms with Crippen molar-refractivity contribution in [2.45, 2.75) is 6.42 Å². The van der Waals surface area contributed by atoms with Crippen LogP contribution in [0.1, 0.15) is 12.0 Å². The Bertz CT molecular complexity index is 603. The summed E-state index contributed by atoms with van der Waals surface area (Å²) in [5, 5.41) is 4.92. The lowest BCUT2D eigenvalue weighted by Crippen LogP contribution is -2.30. The maximum Gasteiger partial charge on any atom is 0.308 e. The second-order valence-electron chi connectivity index (χ2n) is 4.43. The van der Waals surface area contributed by atoms with Gasteiger partial charge in [0, 0.05) is 12.6 Å². The Morgan fingerprint density at radius 3 is 2.61 bits per heavy atom. The molecule has 6 heteroatoms. The van der Waals surface area contributed by atoms with Gasteiger partial charge in [0.15, 0.2) is 6.61 Å². The van der Waals surface area contributed by atoms with Crippen molar-refractivity contribution in [1.82, 2.24) is 10.6 Å². The van der Waals surface area contributed by atoms with E-state index in [9.17, 15) is 14.4 Å². The summed E-state index contributed by atoms with van der Waals surface area (Å²) < 4.78 is 4.72. The molecule has 0 aliphatic rings. The lowest BCUT2D eigenvalue weighted by Gasteiger charge is -2.05. The van der Waals surface area contributed by atoms with E-state index in [0.717, 1.165) is 5.56 Å². The Balaban J connectivity index is 2.17. The van der Waals surface area contributed by atoms with E-state index in [1.807, 2.05) is 30.3 Å². The summed E-state index contributed by atoms with van der Waals surface area (Å²) >= 11 is 0. The summed E-state index contributed by atoms with van der Waals surface area (Å²) in [5.74, 6) is 0.876. The Kier molecular flexibility index (Phi) is 8.31. The van der Waals surface area contributed by atoms with E-state index in [0.29, 0.717) is 0 Å². The SMILES string of the molecule is C#CCNC(=O)COC(=O)CCNC(=O)/C=C/c1ccccc1. The van der Waals surface area contributed by atoms with Crippen LogP contribution in [0.2, 0.25) is 0 Å². The van der Waals surface area contributed by atoms with Gasteiger partial charge in [0.2, 0.25) is 5.91 Å². The van der Waals surface area contributed by atoms with E-state index in [-0.39, 0.29) is 32.0 Å². The van der Waals surface area contributed by atoms with Gasteiger partial charge in [-0.15, -0.1) is 6.42 Å². The van der Waals surface area contributed by atoms with Crippen LogP contribution in [-0.2, 0) is 19.1 Å². The molecule has 0 radical (unpaired) electrons. The fourth-order valence-corrected chi connectivity index (χ4v) is 1.50. The molecule has 2 N–H and O–H groups in total. The van der Waals surface area contributed by atoms with E-state index in [2.05, 4.69) is 16.6 Å². The minimum absolute atomic E-state index is 0.0205. The van der Waals surface area contributed by atoms with Crippen molar-refractivity contribution in [2.75, 3.05) is 19.7 Å². The molecule has 0 aliphatic heterocycles. The molecular formula is C17H18N2O4. The smallest absolute Gasteiger partial charge is 0.308 e. The van der Waals surface area contributed by atoms with Crippen LogP contribution in [0.4, 0.5) is 0 Å². The van der Waals surface area contributed by atoms with Crippen molar-refractivity contribution < 1.29 is 19.1 Å². The first-order valence-electron chi connectivity index (χ1n) is 6.98. The van der Waals surface area contributed by atoms with Crippen LogP contribution in [0.15, 0.2) is 36.4 Å². The quantitative estimate of drug-likeness (QED) is 0.416. The van der Waals surface area contributed by atoms with Gasteiger partial charge in [-0.2, -0.15) is 0 Å². The molecule has 1 aromatic carbocycles. The van der Waals surface area contributed by atoms with Crippen LogP contribution in [-0.4, -0.2) is 37.5 Å². The molecule has 2 amide bonds. The predicted molar refractivity (Wildman–Crippen MR) is 85.9 cm³/mol. The molecular weight excluding hydrogens is 296 g/mol. The zero-order valence-corrected chi connectivity index (χ0v) is 12.6. The summed E-state index contributed by atoms with van der Waals surface area (Å²) in [7, 11) is 0. The second-order valence-corrected chi connectivity index (χ2v) is 4.43.